The Balaban J connectivity index is 0. The maximum absolute atomic E-state index is 9.94. The van der Waals surface area contributed by atoms with Crippen LogP contribution in [0.25, 0.3) is 0 Å². The van der Waals surface area contributed by atoms with Crippen LogP contribution in [0.1, 0.15) is 26.7 Å². The minimum atomic E-state index is 0.167. The van der Waals surface area contributed by atoms with Crippen LogP contribution in [-0.4, -0.2) is 25.9 Å². The van der Waals surface area contributed by atoms with Crippen LogP contribution in [0.3, 0.4) is 0 Å². The summed E-state index contributed by atoms with van der Waals surface area (Å²) in [5.41, 5.74) is 4.50. The molecule has 0 amide bonds. The van der Waals surface area contributed by atoms with E-state index in [0.29, 0.717) is 0 Å². The minimum absolute atomic E-state index is 0.167. The molecular weight excluding hydrogens is 140 g/mol. The third-order valence-electron chi connectivity index (χ3n) is 1.26. The van der Waals surface area contributed by atoms with Crippen LogP contribution in [0.5, 0.6) is 0 Å². The molecule has 1 aliphatic heterocycles. The van der Waals surface area contributed by atoms with E-state index in [4.69, 9.17) is 0 Å². The van der Waals surface area contributed by atoms with Crippen molar-refractivity contribution in [2.24, 2.45) is 5.73 Å². The van der Waals surface area contributed by atoms with E-state index < -0.39 is 0 Å². The van der Waals surface area contributed by atoms with Crippen molar-refractivity contribution in [2.75, 3.05) is 13.6 Å². The van der Waals surface area contributed by atoms with E-state index >= 15 is 0 Å². The Morgan fingerprint density at radius 1 is 1.45 bits per heavy atom. The predicted molar refractivity (Wildman–Crippen MR) is 48.5 cm³/mol. The Bertz CT molecular complexity index is 70.5. The van der Waals surface area contributed by atoms with Crippen LogP contribution >= 0.6 is 0 Å². The van der Waals surface area contributed by atoms with Crippen LogP contribution < -0.4 is 11.1 Å². The van der Waals surface area contributed by atoms with Crippen LogP contribution in [0.15, 0.2) is 0 Å². The Hall–Kier alpha value is -0.410. The second-order valence-electron chi connectivity index (χ2n) is 1.84. The third-order valence-corrected chi connectivity index (χ3v) is 1.26. The second kappa shape index (κ2) is 12.3. The smallest absolute Gasteiger partial charge is 0.136 e. The Morgan fingerprint density at radius 2 is 2.00 bits per heavy atom. The fourth-order valence-electron chi connectivity index (χ4n) is 0.828. The molecule has 68 valence electrons. The van der Waals surface area contributed by atoms with E-state index in [-0.39, 0.29) is 6.04 Å². The number of carbonyl (C=O) groups is 1. The van der Waals surface area contributed by atoms with Crippen molar-refractivity contribution in [1.82, 2.24) is 5.32 Å². The average molecular weight is 160 g/mol. The van der Waals surface area contributed by atoms with Crippen molar-refractivity contribution < 1.29 is 4.79 Å². The number of hydrogen-bond donors (Lipinski definition) is 2. The molecule has 1 heterocycles. The van der Waals surface area contributed by atoms with Gasteiger partial charge >= 0.3 is 0 Å². The van der Waals surface area contributed by atoms with Crippen molar-refractivity contribution in [3.8, 4) is 0 Å². The van der Waals surface area contributed by atoms with Gasteiger partial charge in [-0.05, 0) is 26.4 Å². The molecule has 0 radical (unpaired) electrons. The molecule has 0 aromatic heterocycles. The monoisotopic (exact) mass is 160 g/mol. The van der Waals surface area contributed by atoms with Gasteiger partial charge in [0.05, 0.1) is 6.04 Å². The lowest BCUT2D eigenvalue weighted by Crippen LogP contribution is -2.21. The van der Waals surface area contributed by atoms with E-state index in [2.05, 4.69) is 11.1 Å². The van der Waals surface area contributed by atoms with Crippen molar-refractivity contribution in [1.29, 1.82) is 0 Å². The second-order valence-corrected chi connectivity index (χ2v) is 1.84. The van der Waals surface area contributed by atoms with Gasteiger partial charge in [-0.1, -0.05) is 13.8 Å². The van der Waals surface area contributed by atoms with Gasteiger partial charge in [0.25, 0.3) is 0 Å². The van der Waals surface area contributed by atoms with E-state index in [1.165, 1.54) is 7.05 Å². The fourth-order valence-corrected chi connectivity index (χ4v) is 0.828. The average Bonchev–Trinajstić information content (AvgIpc) is 2.63. The summed E-state index contributed by atoms with van der Waals surface area (Å²) in [5.74, 6) is 0. The van der Waals surface area contributed by atoms with E-state index in [1.807, 2.05) is 13.8 Å². The highest BCUT2D eigenvalue weighted by atomic mass is 16.1. The molecule has 0 aromatic rings. The first-order chi connectivity index (χ1) is 5.43. The highest BCUT2D eigenvalue weighted by molar-refractivity contribution is 5.57. The molecule has 1 fully saturated rings. The first-order valence-electron chi connectivity index (χ1n) is 4.20. The molecule has 0 saturated carbocycles. The molecule has 1 rings (SSSR count). The largest absolute Gasteiger partial charge is 0.333 e. The van der Waals surface area contributed by atoms with Crippen molar-refractivity contribution in [3.63, 3.8) is 0 Å². The summed E-state index contributed by atoms with van der Waals surface area (Å²) in [6, 6.07) is 0.167. The van der Waals surface area contributed by atoms with Gasteiger partial charge in [0, 0.05) is 0 Å². The molecule has 1 aliphatic rings. The Labute approximate surface area is 69.4 Å². The lowest BCUT2D eigenvalue weighted by atomic mass is 10.2. The van der Waals surface area contributed by atoms with Crippen molar-refractivity contribution in [3.05, 3.63) is 0 Å². The zero-order valence-corrected chi connectivity index (χ0v) is 7.76. The van der Waals surface area contributed by atoms with Crippen molar-refractivity contribution >= 4 is 6.29 Å². The molecule has 0 aromatic carbocycles. The van der Waals surface area contributed by atoms with Gasteiger partial charge in [0.2, 0.25) is 0 Å². The highest BCUT2D eigenvalue weighted by Crippen LogP contribution is 2.00. The van der Waals surface area contributed by atoms with E-state index in [0.717, 1.165) is 25.7 Å². The Morgan fingerprint density at radius 3 is 2.18 bits per heavy atom. The molecule has 3 N–H and O–H groups in total. The minimum Gasteiger partial charge on any atom is -0.333 e. The van der Waals surface area contributed by atoms with Crippen molar-refractivity contribution in [2.45, 2.75) is 32.7 Å². The summed E-state index contributed by atoms with van der Waals surface area (Å²) in [6.07, 6.45) is 3.17. The zero-order valence-electron chi connectivity index (χ0n) is 7.76. The normalized spacial score (nSPS) is 20.5. The number of carbonyl (C=O) groups excluding carboxylic acids is 1. The first-order valence-corrected chi connectivity index (χ1v) is 4.20. The molecule has 3 heteroatoms. The summed E-state index contributed by atoms with van der Waals surface area (Å²) in [6.45, 7) is 5.02. The Kier molecular flexibility index (Phi) is 14.7. The van der Waals surface area contributed by atoms with Gasteiger partial charge in [-0.25, -0.2) is 0 Å². The predicted octanol–water partition coefficient (Wildman–Crippen LogP) is 0.538. The molecule has 3 nitrogen and oxygen atoms in total. The number of hydrogen-bond acceptors (Lipinski definition) is 3. The molecule has 0 aliphatic carbocycles. The van der Waals surface area contributed by atoms with Gasteiger partial charge in [-0.3, -0.25) is 0 Å². The summed E-state index contributed by atoms with van der Waals surface area (Å²) >= 11 is 0. The van der Waals surface area contributed by atoms with Gasteiger partial charge < -0.3 is 15.8 Å². The summed E-state index contributed by atoms with van der Waals surface area (Å²) < 4.78 is 0. The van der Waals surface area contributed by atoms with Gasteiger partial charge in [-0.15, -0.1) is 0 Å². The quantitative estimate of drug-likeness (QED) is 0.550. The molecule has 1 atom stereocenters. The SMILES string of the molecule is CC.CN.O=CC1CCCN1. The molecule has 1 saturated heterocycles. The van der Waals surface area contributed by atoms with E-state index in [1.54, 1.807) is 0 Å². The molecule has 0 bridgehead atoms. The summed E-state index contributed by atoms with van der Waals surface area (Å²) in [4.78, 5) is 9.94. The zero-order chi connectivity index (χ0) is 9.11. The van der Waals surface area contributed by atoms with Crippen LogP contribution in [0.4, 0.5) is 0 Å². The molecular formula is C8H20N2O. The fraction of sp³-hybridized carbons (Fsp3) is 0.875. The number of aldehydes is 1. The summed E-state index contributed by atoms with van der Waals surface area (Å²) in [5, 5.41) is 3.04. The topological polar surface area (TPSA) is 55.1 Å². The standard InChI is InChI=1S/C5H9NO.C2H6.CH5N/c7-4-5-2-1-3-6-5;2*1-2/h4-6H,1-3H2;1-2H3;2H2,1H3. The van der Waals surface area contributed by atoms with Crippen LogP contribution in [0.2, 0.25) is 0 Å². The van der Waals surface area contributed by atoms with Crippen LogP contribution in [-0.2, 0) is 4.79 Å². The molecule has 1 unspecified atom stereocenters. The van der Waals surface area contributed by atoms with Gasteiger partial charge in [-0.2, -0.15) is 0 Å². The van der Waals surface area contributed by atoms with Gasteiger partial charge in [0.15, 0.2) is 0 Å². The number of nitrogens with two attached hydrogens (primary N) is 1. The first kappa shape index (κ1) is 13.2. The molecule has 11 heavy (non-hydrogen) atoms. The number of nitrogens with one attached hydrogen (secondary N) is 1. The third kappa shape index (κ3) is 7.49. The van der Waals surface area contributed by atoms with Crippen LogP contribution in [0, 0.1) is 0 Å². The van der Waals surface area contributed by atoms with E-state index in [9.17, 15) is 4.79 Å². The number of rotatable bonds is 1. The molecule has 0 spiro atoms. The maximum atomic E-state index is 9.94. The van der Waals surface area contributed by atoms with Gasteiger partial charge in [0.1, 0.15) is 6.29 Å². The lowest BCUT2D eigenvalue weighted by Gasteiger charge is -1.93. The summed E-state index contributed by atoms with van der Waals surface area (Å²) in [7, 11) is 1.50. The lowest BCUT2D eigenvalue weighted by molar-refractivity contribution is -0.109. The highest BCUT2D eigenvalue weighted by Gasteiger charge is 2.10. The maximum Gasteiger partial charge on any atom is 0.136 e.